The summed E-state index contributed by atoms with van der Waals surface area (Å²) in [5.74, 6) is 0.351. The summed E-state index contributed by atoms with van der Waals surface area (Å²) < 4.78 is 1.07. The predicted molar refractivity (Wildman–Crippen MR) is 93.0 cm³/mol. The number of halogens is 1. The maximum atomic E-state index is 13.2. The molecule has 22 heavy (non-hydrogen) atoms. The van der Waals surface area contributed by atoms with Gasteiger partial charge in [-0.1, -0.05) is 34.5 Å². The number of rotatable bonds is 3. The summed E-state index contributed by atoms with van der Waals surface area (Å²) >= 11 is 3.48. The SMILES string of the molecule is CC(C)N1CCN(C(=O)C2(c3ccc(Br)cc3)CCC2)CC1. The zero-order chi connectivity index (χ0) is 15.7. The van der Waals surface area contributed by atoms with Crippen LogP contribution in [0.4, 0.5) is 0 Å². The number of hydrogen-bond donors (Lipinski definition) is 0. The van der Waals surface area contributed by atoms with Crippen LogP contribution in [-0.2, 0) is 10.2 Å². The Labute approximate surface area is 141 Å². The van der Waals surface area contributed by atoms with Gasteiger partial charge in [0.05, 0.1) is 5.41 Å². The number of amides is 1. The normalized spacial score (nSPS) is 21.7. The third-order valence-electron chi connectivity index (χ3n) is 5.35. The Balaban J connectivity index is 1.74. The van der Waals surface area contributed by atoms with E-state index in [1.54, 1.807) is 0 Å². The van der Waals surface area contributed by atoms with Gasteiger partial charge in [-0.15, -0.1) is 0 Å². The van der Waals surface area contributed by atoms with Crippen molar-refractivity contribution in [2.75, 3.05) is 26.2 Å². The number of piperazine rings is 1. The van der Waals surface area contributed by atoms with Crippen LogP contribution in [0.2, 0.25) is 0 Å². The highest BCUT2D eigenvalue weighted by Crippen LogP contribution is 2.45. The molecule has 1 saturated heterocycles. The fourth-order valence-corrected chi connectivity index (χ4v) is 3.93. The molecule has 0 aromatic heterocycles. The molecule has 2 fully saturated rings. The number of carbonyl (C=O) groups is 1. The zero-order valence-corrected chi connectivity index (χ0v) is 15.1. The van der Waals surface area contributed by atoms with Crippen molar-refractivity contribution in [2.45, 2.75) is 44.6 Å². The number of nitrogens with zero attached hydrogens (tertiary/aromatic N) is 2. The van der Waals surface area contributed by atoms with Gasteiger partial charge in [0.2, 0.25) is 5.91 Å². The van der Waals surface area contributed by atoms with Crippen molar-refractivity contribution in [3.63, 3.8) is 0 Å². The number of hydrogen-bond acceptors (Lipinski definition) is 2. The van der Waals surface area contributed by atoms with E-state index in [4.69, 9.17) is 0 Å². The van der Waals surface area contributed by atoms with Gasteiger partial charge in [0.25, 0.3) is 0 Å². The third kappa shape index (κ3) is 2.83. The van der Waals surface area contributed by atoms with Crippen LogP contribution in [0.1, 0.15) is 38.7 Å². The lowest BCUT2D eigenvalue weighted by atomic mass is 9.63. The minimum atomic E-state index is -0.249. The molecule has 1 aromatic carbocycles. The summed E-state index contributed by atoms with van der Waals surface area (Å²) in [6.45, 7) is 8.20. The lowest BCUT2D eigenvalue weighted by Crippen LogP contribution is -2.57. The molecule has 1 amide bonds. The van der Waals surface area contributed by atoms with Crippen molar-refractivity contribution >= 4 is 21.8 Å². The molecule has 120 valence electrons. The van der Waals surface area contributed by atoms with Gasteiger partial charge >= 0.3 is 0 Å². The Bertz CT molecular complexity index is 529. The molecule has 0 N–H and O–H groups in total. The largest absolute Gasteiger partial charge is 0.339 e. The third-order valence-corrected chi connectivity index (χ3v) is 5.87. The van der Waals surface area contributed by atoms with Crippen LogP contribution >= 0.6 is 15.9 Å². The van der Waals surface area contributed by atoms with E-state index in [1.165, 1.54) is 5.56 Å². The predicted octanol–water partition coefficient (Wildman–Crippen LogP) is 3.42. The van der Waals surface area contributed by atoms with E-state index in [0.717, 1.165) is 49.9 Å². The molecule has 3 nitrogen and oxygen atoms in total. The first-order chi connectivity index (χ1) is 10.5. The van der Waals surface area contributed by atoms with E-state index in [1.807, 2.05) is 0 Å². The first-order valence-electron chi connectivity index (χ1n) is 8.32. The molecule has 0 radical (unpaired) electrons. The fraction of sp³-hybridized carbons (Fsp3) is 0.611. The Morgan fingerprint density at radius 1 is 1.09 bits per heavy atom. The van der Waals surface area contributed by atoms with Crippen LogP contribution in [0.15, 0.2) is 28.7 Å². The average molecular weight is 365 g/mol. The van der Waals surface area contributed by atoms with Gasteiger partial charge in [0, 0.05) is 36.7 Å². The van der Waals surface area contributed by atoms with Gasteiger partial charge in [0.1, 0.15) is 0 Å². The molecule has 1 saturated carbocycles. The molecule has 1 aliphatic heterocycles. The van der Waals surface area contributed by atoms with E-state index in [-0.39, 0.29) is 5.41 Å². The molecule has 0 spiro atoms. The lowest BCUT2D eigenvalue weighted by Gasteiger charge is -2.46. The maximum absolute atomic E-state index is 13.2. The van der Waals surface area contributed by atoms with Crippen molar-refractivity contribution in [3.05, 3.63) is 34.3 Å². The summed E-state index contributed by atoms with van der Waals surface area (Å²) in [6.07, 6.45) is 3.16. The summed E-state index contributed by atoms with van der Waals surface area (Å²) in [4.78, 5) is 17.7. The van der Waals surface area contributed by atoms with Crippen molar-refractivity contribution in [1.29, 1.82) is 0 Å². The van der Waals surface area contributed by atoms with Crippen LogP contribution < -0.4 is 0 Å². The average Bonchev–Trinajstić information content (AvgIpc) is 2.48. The Kier molecular flexibility index (Phi) is 4.60. The van der Waals surface area contributed by atoms with Crippen LogP contribution in [0.25, 0.3) is 0 Å². The zero-order valence-electron chi connectivity index (χ0n) is 13.5. The monoisotopic (exact) mass is 364 g/mol. The van der Waals surface area contributed by atoms with Crippen molar-refractivity contribution in [2.24, 2.45) is 0 Å². The molecule has 1 aromatic rings. The second kappa shape index (κ2) is 6.32. The van der Waals surface area contributed by atoms with E-state index in [2.05, 4.69) is 63.8 Å². The van der Waals surface area contributed by atoms with Gasteiger partial charge in [-0.05, 0) is 44.4 Å². The van der Waals surface area contributed by atoms with Crippen molar-refractivity contribution in [1.82, 2.24) is 9.80 Å². The van der Waals surface area contributed by atoms with Crippen LogP contribution in [0.5, 0.6) is 0 Å². The van der Waals surface area contributed by atoms with E-state index >= 15 is 0 Å². The van der Waals surface area contributed by atoms with Gasteiger partial charge < -0.3 is 4.90 Å². The van der Waals surface area contributed by atoms with E-state index < -0.39 is 0 Å². The number of carbonyl (C=O) groups excluding carboxylic acids is 1. The van der Waals surface area contributed by atoms with Gasteiger partial charge in [-0.2, -0.15) is 0 Å². The summed E-state index contributed by atoms with van der Waals surface area (Å²) in [5.41, 5.74) is 0.944. The highest BCUT2D eigenvalue weighted by molar-refractivity contribution is 9.10. The van der Waals surface area contributed by atoms with Gasteiger partial charge in [-0.25, -0.2) is 0 Å². The topological polar surface area (TPSA) is 23.6 Å². The standard InChI is InChI=1S/C18H25BrN2O/c1-14(2)20-10-12-21(13-11-20)17(22)18(8-3-9-18)15-4-6-16(19)7-5-15/h4-7,14H,3,8-13H2,1-2H3. The Hall–Kier alpha value is -0.870. The second-order valence-electron chi connectivity index (χ2n) is 6.86. The maximum Gasteiger partial charge on any atom is 0.233 e. The van der Waals surface area contributed by atoms with Crippen LogP contribution in [0, 0.1) is 0 Å². The molecule has 2 aliphatic rings. The highest BCUT2D eigenvalue weighted by atomic mass is 79.9. The Morgan fingerprint density at radius 2 is 1.68 bits per heavy atom. The molecular formula is C18H25BrN2O. The summed E-state index contributed by atoms with van der Waals surface area (Å²) in [5, 5.41) is 0. The summed E-state index contributed by atoms with van der Waals surface area (Å²) in [6, 6.07) is 8.91. The minimum Gasteiger partial charge on any atom is -0.339 e. The van der Waals surface area contributed by atoms with Crippen LogP contribution in [-0.4, -0.2) is 47.9 Å². The molecule has 0 atom stereocenters. The van der Waals surface area contributed by atoms with Crippen molar-refractivity contribution in [3.8, 4) is 0 Å². The van der Waals surface area contributed by atoms with Gasteiger partial charge in [-0.3, -0.25) is 9.69 Å². The molecule has 0 unspecified atom stereocenters. The molecule has 1 heterocycles. The van der Waals surface area contributed by atoms with Crippen LogP contribution in [0.3, 0.4) is 0 Å². The summed E-state index contributed by atoms with van der Waals surface area (Å²) in [7, 11) is 0. The highest BCUT2D eigenvalue weighted by Gasteiger charge is 2.47. The molecule has 3 rings (SSSR count). The lowest BCUT2D eigenvalue weighted by molar-refractivity contribution is -0.143. The van der Waals surface area contributed by atoms with E-state index in [0.29, 0.717) is 11.9 Å². The minimum absolute atomic E-state index is 0.249. The van der Waals surface area contributed by atoms with Gasteiger partial charge in [0.15, 0.2) is 0 Å². The van der Waals surface area contributed by atoms with Crippen molar-refractivity contribution < 1.29 is 4.79 Å². The first-order valence-corrected chi connectivity index (χ1v) is 9.12. The quantitative estimate of drug-likeness (QED) is 0.820. The second-order valence-corrected chi connectivity index (χ2v) is 7.78. The number of benzene rings is 1. The first kappa shape index (κ1) is 16.0. The molecule has 4 heteroatoms. The smallest absolute Gasteiger partial charge is 0.233 e. The molecule has 1 aliphatic carbocycles. The fourth-order valence-electron chi connectivity index (χ4n) is 3.67. The molecular weight excluding hydrogens is 340 g/mol. The Morgan fingerprint density at radius 3 is 2.14 bits per heavy atom. The van der Waals surface area contributed by atoms with E-state index in [9.17, 15) is 4.79 Å². The molecule has 0 bridgehead atoms.